The lowest BCUT2D eigenvalue weighted by molar-refractivity contribution is 0.792. The number of benzene rings is 1. The Hall–Kier alpha value is -0.823. The molecule has 0 radical (unpaired) electrons. The van der Waals surface area contributed by atoms with Crippen molar-refractivity contribution < 1.29 is 0 Å². The fraction of sp³-hybridized carbons (Fsp3) is 0.467. The van der Waals surface area contributed by atoms with Crippen LogP contribution in [0.4, 0.5) is 0 Å². The van der Waals surface area contributed by atoms with Crippen molar-refractivity contribution in [3.8, 4) is 0 Å². The lowest BCUT2D eigenvalue weighted by atomic mass is 9.95. The maximum Gasteiger partial charge on any atom is 0.0686 e. The summed E-state index contributed by atoms with van der Waals surface area (Å²) in [6.45, 7) is 7.29. The Balaban J connectivity index is 2.26. The van der Waals surface area contributed by atoms with E-state index >= 15 is 0 Å². The van der Waals surface area contributed by atoms with E-state index in [9.17, 15) is 0 Å². The number of hydrogen-bond acceptors (Lipinski definition) is 0. The summed E-state index contributed by atoms with van der Waals surface area (Å²) in [6, 6.07) is 11.0. The molecule has 0 saturated heterocycles. The Bertz CT molecular complexity index is 370. The van der Waals surface area contributed by atoms with Gasteiger partial charge in [0.2, 0.25) is 0 Å². The highest BCUT2D eigenvalue weighted by molar-refractivity contribution is 6.81. The van der Waals surface area contributed by atoms with E-state index in [0.717, 1.165) is 0 Å². The van der Waals surface area contributed by atoms with Gasteiger partial charge in [0.15, 0.2) is 0 Å². The fourth-order valence-electron chi connectivity index (χ4n) is 2.66. The third-order valence-corrected chi connectivity index (χ3v) is 4.46. The van der Waals surface area contributed by atoms with Gasteiger partial charge in [-0.2, -0.15) is 0 Å². The summed E-state index contributed by atoms with van der Waals surface area (Å²) in [5.41, 5.74) is 5.85. The molecule has 1 heteroatoms. The average molecular weight is 230 g/mol. The number of allylic oxidation sites excluding steroid dienone is 1. The first-order valence-electron chi connectivity index (χ1n) is 6.33. The van der Waals surface area contributed by atoms with Crippen LogP contribution in [0.5, 0.6) is 0 Å². The van der Waals surface area contributed by atoms with Gasteiger partial charge in [-0.05, 0) is 24.8 Å². The van der Waals surface area contributed by atoms with Gasteiger partial charge in [0, 0.05) is 5.92 Å². The molecule has 0 nitrogen and oxygen atoms in total. The van der Waals surface area contributed by atoms with Crippen LogP contribution >= 0.6 is 0 Å². The molecular weight excluding hydrogens is 208 g/mol. The van der Waals surface area contributed by atoms with E-state index < -0.39 is 8.07 Å². The zero-order chi connectivity index (χ0) is 11.6. The summed E-state index contributed by atoms with van der Waals surface area (Å²) in [7, 11) is -1.06. The van der Waals surface area contributed by atoms with Crippen molar-refractivity contribution in [1.29, 1.82) is 0 Å². The zero-order valence-electron chi connectivity index (χ0n) is 10.7. The molecule has 0 aromatic heterocycles. The summed E-state index contributed by atoms with van der Waals surface area (Å²) in [4.78, 5) is 0. The predicted octanol–water partition coefficient (Wildman–Crippen LogP) is 4.76. The second-order valence-electron chi connectivity index (χ2n) is 5.94. The molecule has 0 amide bonds. The molecule has 0 aliphatic heterocycles. The molecule has 0 bridgehead atoms. The van der Waals surface area contributed by atoms with E-state index in [1.807, 2.05) is 0 Å². The normalized spacial score (nSPS) is 23.9. The van der Waals surface area contributed by atoms with E-state index in [1.165, 1.54) is 24.8 Å². The summed E-state index contributed by atoms with van der Waals surface area (Å²) < 4.78 is 0. The largest absolute Gasteiger partial charge is 0.0952 e. The van der Waals surface area contributed by atoms with Gasteiger partial charge in [0.1, 0.15) is 0 Å². The predicted molar refractivity (Wildman–Crippen MR) is 74.5 cm³/mol. The second-order valence-corrected chi connectivity index (χ2v) is 11.0. The van der Waals surface area contributed by atoms with Crippen LogP contribution in [-0.4, -0.2) is 8.07 Å². The SMILES string of the molecule is C[Si](C)(C)/C=C1\CCCC1c1ccccc1. The van der Waals surface area contributed by atoms with Crippen molar-refractivity contribution in [3.63, 3.8) is 0 Å². The first-order valence-corrected chi connectivity index (χ1v) is 9.90. The average Bonchev–Trinajstić information content (AvgIpc) is 2.64. The van der Waals surface area contributed by atoms with Crippen molar-refractivity contribution in [2.24, 2.45) is 0 Å². The minimum atomic E-state index is -1.06. The third kappa shape index (κ3) is 2.85. The maximum atomic E-state index is 2.62. The molecule has 0 heterocycles. The van der Waals surface area contributed by atoms with Crippen LogP contribution in [0.1, 0.15) is 30.7 Å². The molecule has 1 saturated carbocycles. The Labute approximate surface area is 100 Å². The molecule has 86 valence electrons. The molecule has 16 heavy (non-hydrogen) atoms. The van der Waals surface area contributed by atoms with Gasteiger partial charge in [-0.1, -0.05) is 61.2 Å². The van der Waals surface area contributed by atoms with Crippen LogP contribution in [0.25, 0.3) is 0 Å². The van der Waals surface area contributed by atoms with E-state index in [-0.39, 0.29) is 0 Å². The van der Waals surface area contributed by atoms with Gasteiger partial charge in [-0.25, -0.2) is 0 Å². The van der Waals surface area contributed by atoms with Crippen LogP contribution < -0.4 is 0 Å². The van der Waals surface area contributed by atoms with E-state index in [2.05, 4.69) is 55.7 Å². The van der Waals surface area contributed by atoms with Crippen molar-refractivity contribution in [3.05, 3.63) is 47.2 Å². The molecule has 2 rings (SSSR count). The van der Waals surface area contributed by atoms with Crippen LogP contribution in [-0.2, 0) is 0 Å². The minimum absolute atomic E-state index is 0.716. The van der Waals surface area contributed by atoms with Gasteiger partial charge in [0.05, 0.1) is 8.07 Å². The molecule has 0 spiro atoms. The molecule has 0 N–H and O–H groups in total. The quantitative estimate of drug-likeness (QED) is 0.643. The summed E-state index contributed by atoms with van der Waals surface area (Å²) in [6.07, 6.45) is 4.04. The van der Waals surface area contributed by atoms with Gasteiger partial charge in [0.25, 0.3) is 0 Å². The van der Waals surface area contributed by atoms with Crippen LogP contribution in [0.3, 0.4) is 0 Å². The number of hydrogen-bond donors (Lipinski definition) is 0. The van der Waals surface area contributed by atoms with Crippen molar-refractivity contribution in [2.75, 3.05) is 0 Å². The van der Waals surface area contributed by atoms with Crippen LogP contribution in [0, 0.1) is 0 Å². The van der Waals surface area contributed by atoms with Crippen molar-refractivity contribution >= 4 is 8.07 Å². The molecule has 1 aromatic rings. The highest BCUT2D eigenvalue weighted by atomic mass is 28.3. The molecule has 1 atom stereocenters. The zero-order valence-corrected chi connectivity index (χ0v) is 11.7. The van der Waals surface area contributed by atoms with Gasteiger partial charge >= 0.3 is 0 Å². The molecule has 1 aliphatic rings. The Kier molecular flexibility index (Phi) is 3.34. The maximum absolute atomic E-state index is 2.62. The third-order valence-electron chi connectivity index (χ3n) is 3.23. The topological polar surface area (TPSA) is 0 Å². The van der Waals surface area contributed by atoms with Crippen molar-refractivity contribution in [1.82, 2.24) is 0 Å². The molecule has 1 fully saturated rings. The van der Waals surface area contributed by atoms with Crippen LogP contribution in [0.2, 0.25) is 19.6 Å². The first kappa shape index (κ1) is 11.7. The Morgan fingerprint density at radius 1 is 1.12 bits per heavy atom. The van der Waals surface area contributed by atoms with Crippen molar-refractivity contribution in [2.45, 2.75) is 44.8 Å². The molecule has 1 aliphatic carbocycles. The van der Waals surface area contributed by atoms with E-state index in [1.54, 1.807) is 5.57 Å². The standard InChI is InChI=1S/C15H22Si/c1-16(2,3)12-14-10-7-11-15(14)13-8-5-4-6-9-13/h4-6,8-9,12,15H,7,10-11H2,1-3H3/b14-12+. The second kappa shape index (κ2) is 4.58. The molecule has 1 aromatic carbocycles. The van der Waals surface area contributed by atoms with Gasteiger partial charge in [-0.15, -0.1) is 0 Å². The van der Waals surface area contributed by atoms with Gasteiger partial charge in [-0.3, -0.25) is 0 Å². The smallest absolute Gasteiger partial charge is 0.0686 e. The first-order chi connectivity index (χ1) is 7.56. The molecule has 1 unspecified atom stereocenters. The summed E-state index contributed by atoms with van der Waals surface area (Å²) >= 11 is 0. The lowest BCUT2D eigenvalue weighted by Crippen LogP contribution is -2.17. The fourth-order valence-corrected chi connectivity index (χ4v) is 4.12. The highest BCUT2D eigenvalue weighted by Crippen LogP contribution is 2.39. The van der Waals surface area contributed by atoms with Gasteiger partial charge < -0.3 is 0 Å². The highest BCUT2D eigenvalue weighted by Gasteiger charge is 2.24. The lowest BCUT2D eigenvalue weighted by Gasteiger charge is -2.17. The summed E-state index contributed by atoms with van der Waals surface area (Å²) in [5.74, 6) is 0.716. The minimum Gasteiger partial charge on any atom is -0.0952 e. The Morgan fingerprint density at radius 2 is 1.81 bits per heavy atom. The number of rotatable bonds is 2. The Morgan fingerprint density at radius 3 is 2.44 bits per heavy atom. The van der Waals surface area contributed by atoms with E-state index in [0.29, 0.717) is 5.92 Å². The summed E-state index contributed by atoms with van der Waals surface area (Å²) in [5, 5.41) is 0. The van der Waals surface area contributed by atoms with E-state index in [4.69, 9.17) is 0 Å². The van der Waals surface area contributed by atoms with Crippen LogP contribution in [0.15, 0.2) is 41.6 Å². The molecular formula is C15H22Si. The monoisotopic (exact) mass is 230 g/mol.